The summed E-state index contributed by atoms with van der Waals surface area (Å²) in [6, 6.07) is 37.8. The van der Waals surface area contributed by atoms with Crippen LogP contribution in [0.5, 0.6) is 0 Å². The van der Waals surface area contributed by atoms with Crippen molar-refractivity contribution in [3.05, 3.63) is 103 Å². The van der Waals surface area contributed by atoms with Crippen molar-refractivity contribution in [3.8, 4) is 11.1 Å². The summed E-state index contributed by atoms with van der Waals surface area (Å²) in [5, 5.41) is 7.94. The molecule has 2 heteroatoms. The Morgan fingerprint density at radius 1 is 0.455 bits per heavy atom. The highest BCUT2D eigenvalue weighted by Gasteiger charge is 2.21. The zero-order valence-electron chi connectivity index (χ0n) is 18.2. The normalized spacial score (nSPS) is 12.4. The molecule has 154 valence electrons. The molecule has 0 saturated carbocycles. The van der Waals surface area contributed by atoms with Gasteiger partial charge < -0.3 is 8.97 Å². The summed E-state index contributed by atoms with van der Waals surface area (Å²) in [4.78, 5) is 0. The van der Waals surface area contributed by atoms with Crippen molar-refractivity contribution in [2.45, 2.75) is 0 Å². The fourth-order valence-electron chi connectivity index (χ4n) is 6.11. The Morgan fingerprint density at radius 3 is 2.00 bits per heavy atom. The molecule has 3 aromatic heterocycles. The lowest BCUT2D eigenvalue weighted by Crippen LogP contribution is -1.90. The van der Waals surface area contributed by atoms with E-state index in [9.17, 15) is 0 Å². The molecule has 0 saturated heterocycles. The van der Waals surface area contributed by atoms with Crippen LogP contribution >= 0.6 is 0 Å². The summed E-state index contributed by atoms with van der Waals surface area (Å²) >= 11 is 0. The minimum atomic E-state index is 1.25. The molecule has 8 aromatic rings. The summed E-state index contributed by atoms with van der Waals surface area (Å²) in [5.74, 6) is 0. The first-order chi connectivity index (χ1) is 16.3. The van der Waals surface area contributed by atoms with Crippen LogP contribution in [0.2, 0.25) is 0 Å². The fourth-order valence-corrected chi connectivity index (χ4v) is 6.11. The molecule has 0 aliphatic rings. The highest BCUT2D eigenvalue weighted by Crippen LogP contribution is 2.45. The van der Waals surface area contributed by atoms with E-state index in [0.29, 0.717) is 0 Å². The first kappa shape index (κ1) is 17.3. The van der Waals surface area contributed by atoms with Crippen LogP contribution in [-0.2, 0) is 7.05 Å². The second kappa shape index (κ2) is 5.93. The van der Waals surface area contributed by atoms with E-state index in [-0.39, 0.29) is 0 Å². The van der Waals surface area contributed by atoms with Crippen molar-refractivity contribution in [1.82, 2.24) is 8.97 Å². The van der Waals surface area contributed by atoms with Gasteiger partial charge in [0.25, 0.3) is 0 Å². The van der Waals surface area contributed by atoms with Crippen molar-refractivity contribution in [1.29, 1.82) is 0 Å². The van der Waals surface area contributed by atoms with E-state index in [2.05, 4.69) is 119 Å². The molecule has 0 spiro atoms. The topological polar surface area (TPSA) is 9.34 Å². The van der Waals surface area contributed by atoms with Gasteiger partial charge in [0.05, 0.1) is 22.1 Å². The first-order valence-electron chi connectivity index (χ1n) is 11.5. The molecule has 0 fully saturated rings. The van der Waals surface area contributed by atoms with E-state index in [1.807, 2.05) is 0 Å². The second-order valence-corrected chi connectivity index (χ2v) is 9.03. The number of nitrogens with zero attached hydrogens (tertiary/aromatic N) is 2. The fraction of sp³-hybridized carbons (Fsp3) is 0.0323. The van der Waals surface area contributed by atoms with E-state index in [1.165, 1.54) is 71.0 Å². The summed E-state index contributed by atoms with van der Waals surface area (Å²) < 4.78 is 4.85. The third-order valence-corrected chi connectivity index (χ3v) is 7.47. The average Bonchev–Trinajstić information content (AvgIpc) is 3.32. The van der Waals surface area contributed by atoms with Crippen LogP contribution in [0.1, 0.15) is 0 Å². The van der Waals surface area contributed by atoms with Gasteiger partial charge in [-0.05, 0) is 40.8 Å². The summed E-state index contributed by atoms with van der Waals surface area (Å²) in [6.45, 7) is 0. The molecule has 0 bridgehead atoms. The molecule has 0 N–H and O–H groups in total. The maximum Gasteiger partial charge on any atom is 0.0626 e. The second-order valence-electron chi connectivity index (χ2n) is 9.03. The maximum atomic E-state index is 2.51. The molecular weight excluding hydrogens is 400 g/mol. The van der Waals surface area contributed by atoms with Gasteiger partial charge in [0, 0.05) is 39.5 Å². The molecule has 33 heavy (non-hydrogen) atoms. The van der Waals surface area contributed by atoms with E-state index >= 15 is 0 Å². The van der Waals surface area contributed by atoms with E-state index in [0.717, 1.165) is 0 Å². The van der Waals surface area contributed by atoms with Crippen LogP contribution in [0, 0.1) is 0 Å². The van der Waals surface area contributed by atoms with Crippen molar-refractivity contribution in [3.63, 3.8) is 0 Å². The molecular formula is C31H20N2. The standard InChI is InChI=1S/C31H20N2/c1-32-25-14-7-12-23-28-20(19-9-3-2-4-10-19)17-18-22-21-11-5-6-13-24(21)33(31(22)28)27-16-8-15-26(32)30(27)29(23)25/h2-18H,1H3. The molecule has 3 heterocycles. The quantitative estimate of drug-likeness (QED) is 0.253. The van der Waals surface area contributed by atoms with Crippen LogP contribution in [0.25, 0.3) is 71.0 Å². The van der Waals surface area contributed by atoms with Gasteiger partial charge in [0.2, 0.25) is 0 Å². The zero-order chi connectivity index (χ0) is 21.7. The maximum absolute atomic E-state index is 2.51. The van der Waals surface area contributed by atoms with Crippen molar-refractivity contribution < 1.29 is 0 Å². The Bertz CT molecular complexity index is 2020. The van der Waals surface area contributed by atoms with Crippen molar-refractivity contribution in [2.75, 3.05) is 0 Å². The molecule has 8 rings (SSSR count). The van der Waals surface area contributed by atoms with E-state index in [4.69, 9.17) is 0 Å². The summed E-state index contributed by atoms with van der Waals surface area (Å²) in [5.41, 5.74) is 8.91. The summed E-state index contributed by atoms with van der Waals surface area (Å²) in [6.07, 6.45) is 0. The lowest BCUT2D eigenvalue weighted by Gasteiger charge is -2.09. The van der Waals surface area contributed by atoms with Gasteiger partial charge in [-0.2, -0.15) is 0 Å². The monoisotopic (exact) mass is 420 g/mol. The average molecular weight is 421 g/mol. The van der Waals surface area contributed by atoms with Crippen LogP contribution in [0.4, 0.5) is 0 Å². The molecule has 0 amide bonds. The van der Waals surface area contributed by atoms with Gasteiger partial charge in [-0.3, -0.25) is 0 Å². The van der Waals surface area contributed by atoms with E-state index in [1.54, 1.807) is 0 Å². The summed E-state index contributed by atoms with van der Waals surface area (Å²) in [7, 11) is 2.19. The Labute approximate surface area is 190 Å². The number of rotatable bonds is 1. The van der Waals surface area contributed by atoms with Crippen LogP contribution in [0.15, 0.2) is 103 Å². The lowest BCUT2D eigenvalue weighted by atomic mass is 9.95. The number of hydrogen-bond acceptors (Lipinski definition) is 0. The number of para-hydroxylation sites is 1. The smallest absolute Gasteiger partial charge is 0.0626 e. The predicted molar refractivity (Wildman–Crippen MR) is 141 cm³/mol. The number of fused-ring (bicyclic) bond motifs is 5. The predicted octanol–water partition coefficient (Wildman–Crippen LogP) is 8.15. The number of aryl methyl sites for hydroxylation is 1. The molecule has 0 unspecified atom stereocenters. The SMILES string of the molecule is Cn1c2cccc3c4c(-c5ccccc5)ccc5c6ccccc6n(c6cccc1c6c32)c54. The Morgan fingerprint density at radius 2 is 1.12 bits per heavy atom. The van der Waals surface area contributed by atoms with Crippen LogP contribution in [0.3, 0.4) is 0 Å². The van der Waals surface area contributed by atoms with Gasteiger partial charge in [-0.1, -0.05) is 78.9 Å². The molecule has 5 aromatic carbocycles. The minimum Gasteiger partial charge on any atom is -0.344 e. The Kier molecular flexibility index (Phi) is 3.11. The first-order valence-corrected chi connectivity index (χ1v) is 11.5. The highest BCUT2D eigenvalue weighted by molar-refractivity contribution is 6.32. The van der Waals surface area contributed by atoms with Crippen molar-refractivity contribution in [2.24, 2.45) is 7.05 Å². The van der Waals surface area contributed by atoms with Gasteiger partial charge in [0.15, 0.2) is 0 Å². The number of hydrogen-bond donors (Lipinski definition) is 0. The zero-order valence-corrected chi connectivity index (χ0v) is 18.2. The molecule has 0 aliphatic heterocycles. The Hall–Kier alpha value is -4.30. The lowest BCUT2D eigenvalue weighted by molar-refractivity contribution is 1.01. The molecule has 0 atom stereocenters. The van der Waals surface area contributed by atoms with E-state index < -0.39 is 0 Å². The number of aromatic nitrogens is 2. The van der Waals surface area contributed by atoms with Crippen LogP contribution in [-0.4, -0.2) is 8.97 Å². The Balaban J connectivity index is 1.85. The molecule has 2 nitrogen and oxygen atoms in total. The third-order valence-electron chi connectivity index (χ3n) is 7.47. The van der Waals surface area contributed by atoms with Gasteiger partial charge in [-0.15, -0.1) is 0 Å². The number of benzene rings is 5. The largest absolute Gasteiger partial charge is 0.344 e. The minimum absolute atomic E-state index is 1.25. The van der Waals surface area contributed by atoms with Crippen LogP contribution < -0.4 is 0 Å². The highest BCUT2D eigenvalue weighted by atomic mass is 15.0. The van der Waals surface area contributed by atoms with Crippen molar-refractivity contribution >= 4 is 59.9 Å². The van der Waals surface area contributed by atoms with Gasteiger partial charge in [0.1, 0.15) is 0 Å². The molecule has 0 aliphatic carbocycles. The molecule has 0 radical (unpaired) electrons. The van der Waals surface area contributed by atoms with Gasteiger partial charge >= 0.3 is 0 Å². The van der Waals surface area contributed by atoms with Gasteiger partial charge in [-0.25, -0.2) is 0 Å². The third kappa shape index (κ3) is 2.00.